The van der Waals surface area contributed by atoms with Gasteiger partial charge < -0.3 is 14.2 Å². The van der Waals surface area contributed by atoms with E-state index >= 15 is 0 Å². The lowest BCUT2D eigenvalue weighted by Gasteiger charge is -2.36. The second-order valence-corrected chi connectivity index (χ2v) is 10.4. The summed E-state index contributed by atoms with van der Waals surface area (Å²) >= 11 is 1.66. The molecule has 3 atom stereocenters. The molecule has 196 valence electrons. The maximum atomic E-state index is 13.8. The van der Waals surface area contributed by atoms with Crippen molar-refractivity contribution in [2.75, 3.05) is 27.1 Å². The van der Waals surface area contributed by atoms with Gasteiger partial charge in [0, 0.05) is 34.2 Å². The fourth-order valence-corrected chi connectivity index (χ4v) is 5.69. The van der Waals surface area contributed by atoms with Gasteiger partial charge in [0.05, 0.1) is 20.8 Å². The molecule has 0 bridgehead atoms. The van der Waals surface area contributed by atoms with Crippen LogP contribution >= 0.6 is 11.8 Å². The van der Waals surface area contributed by atoms with Crippen molar-refractivity contribution in [3.63, 3.8) is 0 Å². The van der Waals surface area contributed by atoms with Crippen LogP contribution in [0.4, 0.5) is 0 Å². The molecule has 2 aliphatic rings. The zero-order valence-electron chi connectivity index (χ0n) is 22.2. The summed E-state index contributed by atoms with van der Waals surface area (Å²) in [4.78, 5) is 33.1. The van der Waals surface area contributed by atoms with E-state index < -0.39 is 11.8 Å². The average molecular weight is 522 g/mol. The molecule has 37 heavy (non-hydrogen) atoms. The summed E-state index contributed by atoms with van der Waals surface area (Å²) in [5.74, 6) is -0.0447. The number of carbonyl (C=O) groups is 2. The zero-order chi connectivity index (χ0) is 26.5. The smallest absolute Gasteiger partial charge is 0.315 e. The highest BCUT2D eigenvalue weighted by atomic mass is 32.2. The Bertz CT molecular complexity index is 1220. The highest BCUT2D eigenvalue weighted by Crippen LogP contribution is 2.47. The van der Waals surface area contributed by atoms with Crippen LogP contribution in [0.15, 0.2) is 63.6 Å². The Morgan fingerprint density at radius 2 is 1.73 bits per heavy atom. The van der Waals surface area contributed by atoms with Gasteiger partial charge in [-0.15, -0.1) is 11.8 Å². The molecule has 2 aromatic rings. The van der Waals surface area contributed by atoms with E-state index in [4.69, 9.17) is 19.2 Å². The average Bonchev–Trinajstić information content (AvgIpc) is 2.91. The third-order valence-electron chi connectivity index (χ3n) is 7.24. The Morgan fingerprint density at radius 1 is 1.03 bits per heavy atom. The molecular weight excluding hydrogens is 486 g/mol. The van der Waals surface area contributed by atoms with Gasteiger partial charge in [-0.2, -0.15) is 0 Å². The number of carbonyl (C=O) groups excluding carboxylic acids is 2. The Morgan fingerprint density at radius 3 is 2.38 bits per heavy atom. The number of ether oxygens (including phenoxy) is 3. The van der Waals surface area contributed by atoms with Crippen molar-refractivity contribution in [1.82, 2.24) is 0 Å². The summed E-state index contributed by atoms with van der Waals surface area (Å²) in [6, 6.07) is 13.9. The van der Waals surface area contributed by atoms with Gasteiger partial charge in [0.1, 0.15) is 5.92 Å². The molecule has 7 heteroatoms. The molecule has 0 amide bonds. The molecule has 0 saturated heterocycles. The Balaban J connectivity index is 1.73. The lowest BCUT2D eigenvalue weighted by atomic mass is 9.69. The van der Waals surface area contributed by atoms with Crippen molar-refractivity contribution in [2.24, 2.45) is 10.9 Å². The highest BCUT2D eigenvalue weighted by molar-refractivity contribution is 7.98. The molecule has 4 rings (SSSR count). The summed E-state index contributed by atoms with van der Waals surface area (Å²) in [5.41, 5.74) is 4.06. The van der Waals surface area contributed by atoms with Crippen LogP contribution in [0.2, 0.25) is 0 Å². The maximum absolute atomic E-state index is 13.8. The number of thioether (sulfide) groups is 1. The van der Waals surface area contributed by atoms with Gasteiger partial charge in [-0.3, -0.25) is 14.6 Å². The number of rotatable bonds is 9. The van der Waals surface area contributed by atoms with E-state index in [0.29, 0.717) is 42.2 Å². The van der Waals surface area contributed by atoms with Gasteiger partial charge in [0.25, 0.3) is 0 Å². The van der Waals surface area contributed by atoms with Crippen LogP contribution in [0.5, 0.6) is 11.5 Å². The van der Waals surface area contributed by atoms with Gasteiger partial charge in [-0.25, -0.2) is 0 Å². The number of ketones is 1. The number of hydrogen-bond acceptors (Lipinski definition) is 7. The minimum absolute atomic E-state index is 0.0302. The molecule has 0 spiro atoms. The number of aliphatic imine (C=N–C) groups is 1. The van der Waals surface area contributed by atoms with Gasteiger partial charge in [0.2, 0.25) is 0 Å². The monoisotopic (exact) mass is 521 g/mol. The lowest BCUT2D eigenvalue weighted by molar-refractivity contribution is -0.146. The first kappa shape index (κ1) is 27.0. The number of nitrogens with zero attached hydrogens (tertiary/aromatic N) is 1. The molecule has 1 aliphatic heterocycles. The topological polar surface area (TPSA) is 74.2 Å². The number of allylic oxidation sites excluding steroid dienone is 2. The standard InChI is InChI=1S/C30H35NO5S/c1-6-7-14-36-30(33)27-18(2)31-23-15-21(20-10-13-25(34-3)26(17-20)35-4)16-24(32)29(23)28(27)19-8-11-22(37-5)12-9-19/h8-13,17,21,27-28H,6-7,14-16H2,1-5H3/t21-,27?,28-/m0/s1. The normalized spacial score (nSPS) is 21.3. The van der Waals surface area contributed by atoms with Crippen LogP contribution in [0.25, 0.3) is 0 Å². The summed E-state index contributed by atoms with van der Waals surface area (Å²) in [7, 11) is 3.21. The van der Waals surface area contributed by atoms with E-state index in [0.717, 1.165) is 34.6 Å². The third kappa shape index (κ3) is 5.61. The Kier molecular flexibility index (Phi) is 8.75. The van der Waals surface area contributed by atoms with E-state index in [1.807, 2.05) is 55.6 Å². The molecule has 1 unspecified atom stereocenters. The molecular formula is C30H35NO5S. The SMILES string of the molecule is CCCCOC(=O)C1C(C)=NC2=C(C(=O)C[C@@H](c3ccc(OC)c(OC)c3)C2)[C@H]1c1ccc(SC)cc1. The number of hydrogen-bond donors (Lipinski definition) is 0. The predicted octanol–water partition coefficient (Wildman–Crippen LogP) is 6.34. The maximum Gasteiger partial charge on any atom is 0.315 e. The van der Waals surface area contributed by atoms with Gasteiger partial charge in [0.15, 0.2) is 17.3 Å². The Labute approximate surface area is 223 Å². The van der Waals surface area contributed by atoms with E-state index in [9.17, 15) is 9.59 Å². The van der Waals surface area contributed by atoms with Crippen molar-refractivity contribution in [3.05, 3.63) is 64.9 Å². The van der Waals surface area contributed by atoms with Crippen LogP contribution in [0, 0.1) is 5.92 Å². The van der Waals surface area contributed by atoms with Crippen molar-refractivity contribution in [3.8, 4) is 11.5 Å². The molecule has 0 radical (unpaired) electrons. The van der Waals surface area contributed by atoms with Gasteiger partial charge in [-0.05, 0) is 67.3 Å². The zero-order valence-corrected chi connectivity index (χ0v) is 23.0. The second kappa shape index (κ2) is 12.0. The second-order valence-electron chi connectivity index (χ2n) is 9.51. The largest absolute Gasteiger partial charge is 0.493 e. The van der Waals surface area contributed by atoms with Crippen molar-refractivity contribution in [1.29, 1.82) is 0 Å². The van der Waals surface area contributed by atoms with Gasteiger partial charge in [-0.1, -0.05) is 31.5 Å². The first-order chi connectivity index (χ1) is 17.9. The first-order valence-electron chi connectivity index (χ1n) is 12.8. The van der Waals surface area contributed by atoms with E-state index in [-0.39, 0.29) is 17.7 Å². The molecule has 0 saturated carbocycles. The van der Waals surface area contributed by atoms with Gasteiger partial charge >= 0.3 is 5.97 Å². The van der Waals surface area contributed by atoms with Crippen LogP contribution in [-0.2, 0) is 14.3 Å². The highest BCUT2D eigenvalue weighted by Gasteiger charge is 2.44. The number of Topliss-reactive ketones (excluding diaryl/α,β-unsaturated/α-hetero) is 1. The van der Waals surface area contributed by atoms with E-state index in [1.165, 1.54) is 0 Å². The first-order valence-corrected chi connectivity index (χ1v) is 14.0. The number of esters is 1. The van der Waals surface area contributed by atoms with Crippen LogP contribution in [0.1, 0.15) is 62.5 Å². The molecule has 1 heterocycles. The van der Waals surface area contributed by atoms with E-state index in [1.54, 1.807) is 26.0 Å². The van der Waals surface area contributed by atoms with Crippen molar-refractivity contribution in [2.45, 2.75) is 56.3 Å². The summed E-state index contributed by atoms with van der Waals surface area (Å²) in [5, 5.41) is 0. The summed E-state index contributed by atoms with van der Waals surface area (Å²) < 4.78 is 16.5. The van der Waals surface area contributed by atoms with Crippen molar-refractivity contribution >= 4 is 29.2 Å². The fourth-order valence-electron chi connectivity index (χ4n) is 5.29. The minimum Gasteiger partial charge on any atom is -0.493 e. The van der Waals surface area contributed by atoms with E-state index in [2.05, 4.69) is 6.92 Å². The summed E-state index contributed by atoms with van der Waals surface area (Å²) in [6.07, 6.45) is 4.74. The molecule has 0 N–H and O–H groups in total. The minimum atomic E-state index is -0.614. The summed E-state index contributed by atoms with van der Waals surface area (Å²) in [6.45, 7) is 4.31. The van der Waals surface area contributed by atoms with Crippen LogP contribution < -0.4 is 9.47 Å². The fraction of sp³-hybridized carbons (Fsp3) is 0.433. The quantitative estimate of drug-likeness (QED) is 0.218. The lowest BCUT2D eigenvalue weighted by Crippen LogP contribution is -2.38. The Hall–Kier alpha value is -3.06. The molecule has 1 aliphatic carbocycles. The van der Waals surface area contributed by atoms with Crippen LogP contribution in [0.3, 0.4) is 0 Å². The number of unbranched alkanes of at least 4 members (excludes halogenated alkanes) is 1. The molecule has 6 nitrogen and oxygen atoms in total. The van der Waals surface area contributed by atoms with Crippen LogP contribution in [-0.4, -0.2) is 44.5 Å². The van der Waals surface area contributed by atoms with Crippen molar-refractivity contribution < 1.29 is 23.8 Å². The molecule has 2 aromatic carbocycles. The molecule has 0 aromatic heterocycles. The third-order valence-corrected chi connectivity index (χ3v) is 7.98. The number of methoxy groups -OCH3 is 2. The predicted molar refractivity (Wildman–Crippen MR) is 147 cm³/mol. The molecule has 0 fully saturated rings. The number of benzene rings is 2.